The second-order valence-corrected chi connectivity index (χ2v) is 5.11. The van der Waals surface area contributed by atoms with E-state index in [2.05, 4.69) is 0 Å². The molecule has 2 N–H and O–H groups in total. The van der Waals surface area contributed by atoms with Gasteiger partial charge in [0.2, 0.25) is 0 Å². The number of likely N-dealkylation sites (N-methyl/N-ethyl adjacent to an activating group) is 1. The fourth-order valence-corrected chi connectivity index (χ4v) is 2.81. The number of hydrogen-bond acceptors (Lipinski definition) is 3. The quantitative estimate of drug-likeness (QED) is 0.872. The van der Waals surface area contributed by atoms with E-state index in [1.54, 1.807) is 0 Å². The lowest BCUT2D eigenvalue weighted by Crippen LogP contribution is -2.39. The van der Waals surface area contributed by atoms with Gasteiger partial charge in [-0.3, -0.25) is 4.90 Å². The molecule has 1 heterocycles. The maximum absolute atomic E-state index is 13.9. The molecule has 0 aliphatic carbocycles. The van der Waals surface area contributed by atoms with E-state index in [9.17, 15) is 8.78 Å². The molecule has 1 fully saturated rings. The molecule has 2 unspecified atom stereocenters. The average Bonchev–Trinajstić information content (AvgIpc) is 2.94. The molecule has 0 bridgehead atoms. The fraction of sp³-hybridized carbons (Fsp3) is 0.600. The normalized spacial score (nSPS) is 20.6. The molecule has 0 spiro atoms. The van der Waals surface area contributed by atoms with Crippen LogP contribution in [-0.4, -0.2) is 37.2 Å². The molecule has 1 saturated heterocycles. The lowest BCUT2D eigenvalue weighted by molar-refractivity contribution is 0.0588. The van der Waals surface area contributed by atoms with Crippen LogP contribution in [0.5, 0.6) is 0 Å². The maximum atomic E-state index is 13.9. The van der Waals surface area contributed by atoms with Gasteiger partial charge in [-0.2, -0.15) is 0 Å². The first kappa shape index (κ1) is 15.4. The summed E-state index contributed by atoms with van der Waals surface area (Å²) < 4.78 is 33.5. The molecule has 0 amide bonds. The Labute approximate surface area is 118 Å². The van der Waals surface area contributed by atoms with Gasteiger partial charge in [0.05, 0.1) is 12.1 Å². The summed E-state index contributed by atoms with van der Waals surface area (Å²) in [6.45, 7) is 4.25. The predicted molar refractivity (Wildman–Crippen MR) is 74.4 cm³/mol. The average molecular weight is 284 g/mol. The second-order valence-electron chi connectivity index (χ2n) is 5.11. The standard InChI is InChI=1S/C15H22F2N2O/c1-2-19(10-11-5-4-8-20-11)14(9-18)15-12(16)6-3-7-13(15)17/h3,6-7,11,14H,2,4-5,8-10,18H2,1H3. The summed E-state index contributed by atoms with van der Waals surface area (Å²) >= 11 is 0. The van der Waals surface area contributed by atoms with Crippen LogP contribution in [0.3, 0.4) is 0 Å². The first-order chi connectivity index (χ1) is 9.67. The zero-order valence-electron chi connectivity index (χ0n) is 11.8. The Kier molecular flexibility index (Phi) is 5.46. The largest absolute Gasteiger partial charge is 0.377 e. The van der Waals surface area contributed by atoms with E-state index in [0.717, 1.165) is 19.4 Å². The number of nitrogens with zero attached hydrogens (tertiary/aromatic N) is 1. The molecule has 1 aliphatic rings. The summed E-state index contributed by atoms with van der Waals surface area (Å²) in [6.07, 6.45) is 2.18. The summed E-state index contributed by atoms with van der Waals surface area (Å²) in [5, 5.41) is 0. The van der Waals surface area contributed by atoms with E-state index in [4.69, 9.17) is 10.5 Å². The highest BCUT2D eigenvalue weighted by Crippen LogP contribution is 2.26. The van der Waals surface area contributed by atoms with Crippen LogP contribution in [0.2, 0.25) is 0 Å². The number of hydrogen-bond donors (Lipinski definition) is 1. The van der Waals surface area contributed by atoms with E-state index in [0.29, 0.717) is 13.1 Å². The molecule has 112 valence electrons. The van der Waals surface area contributed by atoms with Crippen molar-refractivity contribution in [3.63, 3.8) is 0 Å². The van der Waals surface area contributed by atoms with Gasteiger partial charge in [-0.1, -0.05) is 13.0 Å². The molecule has 1 aromatic rings. The molecule has 0 saturated carbocycles. The second kappa shape index (κ2) is 7.11. The molecule has 1 aliphatic heterocycles. The lowest BCUT2D eigenvalue weighted by atomic mass is 10.0. The summed E-state index contributed by atoms with van der Waals surface area (Å²) in [5.74, 6) is -1.07. The fourth-order valence-electron chi connectivity index (χ4n) is 2.81. The van der Waals surface area contributed by atoms with Crippen molar-refractivity contribution < 1.29 is 13.5 Å². The first-order valence-electron chi connectivity index (χ1n) is 7.17. The molecule has 20 heavy (non-hydrogen) atoms. The van der Waals surface area contributed by atoms with Gasteiger partial charge < -0.3 is 10.5 Å². The Hall–Kier alpha value is -1.04. The highest BCUT2D eigenvalue weighted by Gasteiger charge is 2.27. The van der Waals surface area contributed by atoms with Gasteiger partial charge in [-0.25, -0.2) is 8.78 Å². The van der Waals surface area contributed by atoms with Gasteiger partial charge in [0.15, 0.2) is 0 Å². The molecule has 2 rings (SSSR count). The van der Waals surface area contributed by atoms with Crippen molar-refractivity contribution in [1.29, 1.82) is 0 Å². The minimum atomic E-state index is -0.536. The van der Waals surface area contributed by atoms with Crippen LogP contribution < -0.4 is 5.73 Å². The van der Waals surface area contributed by atoms with Crippen molar-refractivity contribution >= 4 is 0 Å². The highest BCUT2D eigenvalue weighted by molar-refractivity contribution is 5.24. The van der Waals surface area contributed by atoms with Gasteiger partial charge in [-0.15, -0.1) is 0 Å². The molecule has 5 heteroatoms. The maximum Gasteiger partial charge on any atom is 0.130 e. The van der Waals surface area contributed by atoms with Crippen LogP contribution in [0.1, 0.15) is 31.4 Å². The third kappa shape index (κ3) is 3.34. The Morgan fingerprint density at radius 3 is 2.60 bits per heavy atom. The van der Waals surface area contributed by atoms with Crippen molar-refractivity contribution in [2.75, 3.05) is 26.2 Å². The van der Waals surface area contributed by atoms with Crippen LogP contribution in [0.25, 0.3) is 0 Å². The number of benzene rings is 1. The molecule has 3 nitrogen and oxygen atoms in total. The SMILES string of the molecule is CCN(CC1CCCO1)C(CN)c1c(F)cccc1F. The molecule has 0 aromatic heterocycles. The summed E-state index contributed by atoms with van der Waals surface area (Å²) in [5.41, 5.74) is 5.84. The molecular formula is C15H22F2N2O. The van der Waals surface area contributed by atoms with Crippen LogP contribution >= 0.6 is 0 Å². The number of ether oxygens (including phenoxy) is 1. The summed E-state index contributed by atoms with van der Waals surface area (Å²) in [6, 6.07) is 3.48. The molecule has 2 atom stereocenters. The van der Waals surface area contributed by atoms with Gasteiger partial charge in [0, 0.05) is 25.3 Å². The number of halogens is 2. The third-order valence-corrected chi connectivity index (χ3v) is 3.87. The Bertz CT molecular complexity index is 416. The van der Waals surface area contributed by atoms with Gasteiger partial charge in [-0.05, 0) is 31.5 Å². The van der Waals surface area contributed by atoms with E-state index in [-0.39, 0.29) is 18.2 Å². The van der Waals surface area contributed by atoms with E-state index < -0.39 is 17.7 Å². The molecule has 1 aromatic carbocycles. The van der Waals surface area contributed by atoms with E-state index in [1.807, 2.05) is 11.8 Å². The van der Waals surface area contributed by atoms with Crippen LogP contribution in [0, 0.1) is 11.6 Å². The van der Waals surface area contributed by atoms with Crippen molar-refractivity contribution in [3.05, 3.63) is 35.4 Å². The Morgan fingerprint density at radius 1 is 1.40 bits per heavy atom. The van der Waals surface area contributed by atoms with Crippen LogP contribution in [-0.2, 0) is 4.74 Å². The smallest absolute Gasteiger partial charge is 0.130 e. The monoisotopic (exact) mass is 284 g/mol. The predicted octanol–water partition coefficient (Wildman–Crippen LogP) is 2.47. The van der Waals surface area contributed by atoms with Crippen molar-refractivity contribution in [3.8, 4) is 0 Å². The topological polar surface area (TPSA) is 38.5 Å². The van der Waals surface area contributed by atoms with Crippen LogP contribution in [0.15, 0.2) is 18.2 Å². The Balaban J connectivity index is 2.19. The lowest BCUT2D eigenvalue weighted by Gasteiger charge is -2.32. The molecule has 0 radical (unpaired) electrons. The van der Waals surface area contributed by atoms with Crippen molar-refractivity contribution in [1.82, 2.24) is 4.90 Å². The van der Waals surface area contributed by atoms with Gasteiger partial charge in [0.25, 0.3) is 0 Å². The highest BCUT2D eigenvalue weighted by atomic mass is 19.1. The summed E-state index contributed by atoms with van der Waals surface area (Å²) in [7, 11) is 0. The number of rotatable bonds is 6. The van der Waals surface area contributed by atoms with E-state index in [1.165, 1.54) is 18.2 Å². The first-order valence-corrected chi connectivity index (χ1v) is 7.17. The van der Waals surface area contributed by atoms with Crippen LogP contribution in [0.4, 0.5) is 8.78 Å². The zero-order chi connectivity index (χ0) is 14.5. The van der Waals surface area contributed by atoms with Crippen molar-refractivity contribution in [2.45, 2.75) is 31.9 Å². The minimum absolute atomic E-state index is 0.0647. The van der Waals surface area contributed by atoms with E-state index >= 15 is 0 Å². The number of nitrogens with two attached hydrogens (primary N) is 1. The summed E-state index contributed by atoms with van der Waals surface area (Å²) in [4.78, 5) is 2.00. The molecular weight excluding hydrogens is 262 g/mol. The minimum Gasteiger partial charge on any atom is -0.377 e. The third-order valence-electron chi connectivity index (χ3n) is 3.87. The van der Waals surface area contributed by atoms with Gasteiger partial charge >= 0.3 is 0 Å². The Morgan fingerprint density at radius 2 is 2.10 bits per heavy atom. The zero-order valence-corrected chi connectivity index (χ0v) is 11.8. The van der Waals surface area contributed by atoms with Gasteiger partial charge in [0.1, 0.15) is 11.6 Å². The van der Waals surface area contributed by atoms with Crippen molar-refractivity contribution in [2.24, 2.45) is 5.73 Å².